The first-order chi connectivity index (χ1) is 14.8. The summed E-state index contributed by atoms with van der Waals surface area (Å²) in [6, 6.07) is 12.5. The number of morpholine rings is 1. The number of guanidine groups is 1. The maximum Gasteiger partial charge on any atom is 0.191 e. The fraction of sp³-hybridized carbons (Fsp3) is 0.409. The van der Waals surface area contributed by atoms with Crippen LogP contribution in [0.2, 0.25) is 0 Å². The van der Waals surface area contributed by atoms with Crippen molar-refractivity contribution in [1.82, 2.24) is 10.6 Å². The number of anilines is 1. The van der Waals surface area contributed by atoms with Crippen molar-refractivity contribution >= 4 is 45.5 Å². The Hall–Kier alpha value is -1.92. The molecule has 0 amide bonds. The Bertz CT molecular complexity index is 1010. The molecule has 176 valence electrons. The van der Waals surface area contributed by atoms with Crippen molar-refractivity contribution < 1.29 is 17.5 Å². The highest BCUT2D eigenvalue weighted by Crippen LogP contribution is 2.17. The highest BCUT2D eigenvalue weighted by atomic mass is 127. The van der Waals surface area contributed by atoms with Gasteiger partial charge in [-0.05, 0) is 41.0 Å². The molecule has 1 heterocycles. The summed E-state index contributed by atoms with van der Waals surface area (Å²) in [5.41, 5.74) is 3.44. The van der Waals surface area contributed by atoms with E-state index in [0.29, 0.717) is 23.6 Å². The van der Waals surface area contributed by atoms with E-state index in [1.807, 2.05) is 0 Å². The number of nitrogens with zero attached hydrogens (tertiary/aromatic N) is 2. The minimum Gasteiger partial charge on any atom is -0.378 e. The number of ether oxygens (including phenoxy) is 1. The van der Waals surface area contributed by atoms with Gasteiger partial charge in [-0.2, -0.15) is 0 Å². The number of halogens is 2. The molecule has 0 atom stereocenters. The first kappa shape index (κ1) is 26.3. The van der Waals surface area contributed by atoms with E-state index >= 15 is 0 Å². The number of hydrogen-bond acceptors (Lipinski definition) is 5. The molecule has 0 unspecified atom stereocenters. The third kappa shape index (κ3) is 8.21. The van der Waals surface area contributed by atoms with Gasteiger partial charge in [-0.25, -0.2) is 12.8 Å². The highest BCUT2D eigenvalue weighted by molar-refractivity contribution is 14.0. The van der Waals surface area contributed by atoms with Crippen LogP contribution < -0.4 is 15.5 Å². The minimum atomic E-state index is -3.22. The number of aliphatic imine (C=N–C) groups is 1. The molecule has 0 aliphatic carbocycles. The second-order valence-electron chi connectivity index (χ2n) is 7.53. The van der Waals surface area contributed by atoms with Crippen molar-refractivity contribution in [2.24, 2.45) is 4.99 Å². The van der Waals surface area contributed by atoms with Crippen molar-refractivity contribution in [3.63, 3.8) is 0 Å². The predicted octanol–water partition coefficient (Wildman–Crippen LogP) is 2.69. The minimum absolute atomic E-state index is 0. The van der Waals surface area contributed by atoms with Gasteiger partial charge in [0, 0.05) is 45.2 Å². The Balaban J connectivity index is 0.00000363. The van der Waals surface area contributed by atoms with Gasteiger partial charge in [-0.15, -0.1) is 24.0 Å². The van der Waals surface area contributed by atoms with Gasteiger partial charge >= 0.3 is 0 Å². The Morgan fingerprint density at radius 3 is 2.34 bits per heavy atom. The number of sulfone groups is 1. The molecule has 10 heteroatoms. The molecule has 2 N–H and O–H groups in total. The van der Waals surface area contributed by atoms with Gasteiger partial charge in [-0.1, -0.05) is 18.2 Å². The summed E-state index contributed by atoms with van der Waals surface area (Å²) in [7, 11) is -1.57. The van der Waals surface area contributed by atoms with Crippen molar-refractivity contribution in [2.45, 2.75) is 18.8 Å². The smallest absolute Gasteiger partial charge is 0.191 e. The van der Waals surface area contributed by atoms with E-state index in [1.165, 1.54) is 30.1 Å². The lowest BCUT2D eigenvalue weighted by Crippen LogP contribution is -2.37. The standard InChI is InChI=1S/C22H29FN4O3S.HI/c1-24-22(26-15-19-13-20(23)6-5-18(19)16-31(2,28)29)25-14-17-3-7-21(8-4-17)27-9-11-30-12-10-27;/h3-8,13H,9-12,14-16H2,1-2H3,(H2,24,25,26);1H. The molecule has 0 aromatic heterocycles. The molecule has 2 aromatic carbocycles. The maximum absolute atomic E-state index is 13.7. The van der Waals surface area contributed by atoms with Crippen molar-refractivity contribution in [1.29, 1.82) is 0 Å². The van der Waals surface area contributed by atoms with Gasteiger partial charge in [0.15, 0.2) is 15.8 Å². The molecule has 0 spiro atoms. The lowest BCUT2D eigenvalue weighted by atomic mass is 10.1. The van der Waals surface area contributed by atoms with E-state index in [4.69, 9.17) is 4.74 Å². The van der Waals surface area contributed by atoms with Gasteiger partial charge in [-0.3, -0.25) is 4.99 Å². The Morgan fingerprint density at radius 2 is 1.72 bits per heavy atom. The van der Waals surface area contributed by atoms with Crippen LogP contribution >= 0.6 is 24.0 Å². The zero-order valence-corrected chi connectivity index (χ0v) is 21.5. The van der Waals surface area contributed by atoms with Crippen LogP contribution in [0.3, 0.4) is 0 Å². The maximum atomic E-state index is 13.7. The monoisotopic (exact) mass is 576 g/mol. The second-order valence-corrected chi connectivity index (χ2v) is 9.67. The van der Waals surface area contributed by atoms with Crippen molar-refractivity contribution in [2.75, 3.05) is 44.5 Å². The first-order valence-electron chi connectivity index (χ1n) is 10.2. The summed E-state index contributed by atoms with van der Waals surface area (Å²) in [5.74, 6) is 0.00964. The molecule has 0 saturated carbocycles. The zero-order chi connectivity index (χ0) is 22.3. The number of rotatable bonds is 7. The van der Waals surface area contributed by atoms with Crippen LogP contribution in [0.15, 0.2) is 47.5 Å². The van der Waals surface area contributed by atoms with Gasteiger partial charge in [0.1, 0.15) is 5.82 Å². The largest absolute Gasteiger partial charge is 0.378 e. The number of nitrogens with one attached hydrogen (secondary N) is 2. The first-order valence-corrected chi connectivity index (χ1v) is 12.2. The summed E-state index contributed by atoms with van der Waals surface area (Å²) in [5, 5.41) is 6.36. The van der Waals surface area contributed by atoms with Crippen LogP contribution in [-0.2, 0) is 33.4 Å². The van der Waals surface area contributed by atoms with E-state index in [9.17, 15) is 12.8 Å². The van der Waals surface area contributed by atoms with Crippen molar-refractivity contribution in [3.8, 4) is 0 Å². The molecule has 2 aromatic rings. The van der Waals surface area contributed by atoms with E-state index in [2.05, 4.69) is 44.8 Å². The zero-order valence-electron chi connectivity index (χ0n) is 18.3. The van der Waals surface area contributed by atoms with Crippen molar-refractivity contribution in [3.05, 3.63) is 65.0 Å². The second kappa shape index (κ2) is 12.4. The van der Waals surface area contributed by atoms with Crippen LogP contribution in [-0.4, -0.2) is 54.0 Å². The fourth-order valence-electron chi connectivity index (χ4n) is 3.41. The normalized spacial score (nSPS) is 14.6. The molecule has 7 nitrogen and oxygen atoms in total. The Morgan fingerprint density at radius 1 is 1.06 bits per heavy atom. The van der Waals surface area contributed by atoms with Gasteiger partial charge in [0.25, 0.3) is 0 Å². The summed E-state index contributed by atoms with van der Waals surface area (Å²) < 4.78 is 42.4. The molecule has 3 rings (SSSR count). The van der Waals surface area contributed by atoms with E-state index in [0.717, 1.165) is 31.9 Å². The molecule has 1 aliphatic rings. The van der Waals surface area contributed by atoms with Crippen LogP contribution in [0, 0.1) is 5.82 Å². The van der Waals surface area contributed by atoms with E-state index in [1.54, 1.807) is 7.05 Å². The van der Waals surface area contributed by atoms with Crippen LogP contribution in [0.5, 0.6) is 0 Å². The Labute approximate surface area is 206 Å². The van der Waals surface area contributed by atoms with E-state index < -0.39 is 15.7 Å². The molecule has 0 radical (unpaired) electrons. The molecular weight excluding hydrogens is 546 g/mol. The molecule has 0 bridgehead atoms. The number of benzene rings is 2. The molecule has 1 fully saturated rings. The van der Waals surface area contributed by atoms with Crippen LogP contribution in [0.4, 0.5) is 10.1 Å². The molecule has 1 saturated heterocycles. The highest BCUT2D eigenvalue weighted by Gasteiger charge is 2.12. The average molecular weight is 576 g/mol. The van der Waals surface area contributed by atoms with E-state index in [-0.39, 0.29) is 36.3 Å². The summed E-state index contributed by atoms with van der Waals surface area (Å²) in [6.45, 7) is 4.14. The lowest BCUT2D eigenvalue weighted by molar-refractivity contribution is 0.122. The van der Waals surface area contributed by atoms with Crippen LogP contribution in [0.1, 0.15) is 16.7 Å². The Kier molecular flexibility index (Phi) is 10.2. The van der Waals surface area contributed by atoms with Crippen LogP contribution in [0.25, 0.3) is 0 Å². The third-order valence-electron chi connectivity index (χ3n) is 5.03. The molecular formula is C22H30FIN4O3S. The lowest BCUT2D eigenvalue weighted by Gasteiger charge is -2.28. The summed E-state index contributed by atoms with van der Waals surface area (Å²) in [4.78, 5) is 6.50. The molecule has 1 aliphatic heterocycles. The predicted molar refractivity (Wildman–Crippen MR) is 137 cm³/mol. The number of hydrogen-bond donors (Lipinski definition) is 2. The quantitative estimate of drug-likeness (QED) is 0.300. The van der Waals surface area contributed by atoms with Gasteiger partial charge in [0.05, 0.1) is 19.0 Å². The topological polar surface area (TPSA) is 83.0 Å². The molecule has 32 heavy (non-hydrogen) atoms. The van der Waals surface area contributed by atoms with Gasteiger partial charge < -0.3 is 20.3 Å². The SMILES string of the molecule is CN=C(NCc1ccc(N2CCOCC2)cc1)NCc1cc(F)ccc1CS(C)(=O)=O.I. The summed E-state index contributed by atoms with van der Waals surface area (Å²) >= 11 is 0. The third-order valence-corrected chi connectivity index (χ3v) is 5.86. The average Bonchev–Trinajstić information content (AvgIpc) is 2.76. The summed E-state index contributed by atoms with van der Waals surface area (Å²) in [6.07, 6.45) is 1.17. The fourth-order valence-corrected chi connectivity index (χ4v) is 4.26. The van der Waals surface area contributed by atoms with Gasteiger partial charge in [0.2, 0.25) is 0 Å².